The van der Waals surface area contributed by atoms with Crippen LogP contribution in [0, 0.1) is 11.2 Å². The Kier molecular flexibility index (Phi) is 4.85. The van der Waals surface area contributed by atoms with Crippen molar-refractivity contribution in [2.24, 2.45) is 5.41 Å². The first kappa shape index (κ1) is 22.2. The number of hydrogen-bond donors (Lipinski definition) is 2. The van der Waals surface area contributed by atoms with E-state index in [1.165, 1.54) is 11.8 Å². The number of hydrogen-bond acceptors (Lipinski definition) is 6. The van der Waals surface area contributed by atoms with E-state index in [-0.39, 0.29) is 29.5 Å². The highest BCUT2D eigenvalue weighted by atomic mass is 19.1. The van der Waals surface area contributed by atoms with E-state index in [0.29, 0.717) is 22.5 Å². The summed E-state index contributed by atoms with van der Waals surface area (Å²) in [6.07, 6.45) is 5.32. The summed E-state index contributed by atoms with van der Waals surface area (Å²) in [5.41, 5.74) is 14.3. The highest BCUT2D eigenvalue weighted by Gasteiger charge is 2.59. The molecular formula is C27H30FN5O2. The fourth-order valence-corrected chi connectivity index (χ4v) is 6.02. The summed E-state index contributed by atoms with van der Waals surface area (Å²) in [6.45, 7) is 6.14. The highest BCUT2D eigenvalue weighted by Crippen LogP contribution is 2.55. The molecule has 0 unspecified atom stereocenters. The van der Waals surface area contributed by atoms with Gasteiger partial charge in [-0.15, -0.1) is 0 Å². The van der Waals surface area contributed by atoms with Crippen molar-refractivity contribution in [3.05, 3.63) is 60.2 Å². The largest absolute Gasteiger partial charge is 0.384 e. The molecule has 4 aromatic rings. The summed E-state index contributed by atoms with van der Waals surface area (Å²) in [7, 11) is 0. The molecule has 0 spiro atoms. The zero-order valence-electron chi connectivity index (χ0n) is 20.2. The molecule has 2 fully saturated rings. The number of fused-ring (bicyclic) bond motifs is 3. The summed E-state index contributed by atoms with van der Waals surface area (Å²) in [5, 5.41) is 1.69. The van der Waals surface area contributed by atoms with Crippen LogP contribution in [0.2, 0.25) is 0 Å². The second-order valence-corrected chi connectivity index (χ2v) is 10.7. The van der Waals surface area contributed by atoms with Crippen molar-refractivity contribution in [2.45, 2.75) is 64.1 Å². The summed E-state index contributed by atoms with van der Waals surface area (Å²) < 4.78 is 29.7. The fraction of sp³-hybridized carbons (Fsp3) is 0.407. The average Bonchev–Trinajstić information content (AvgIpc) is 3.47. The third kappa shape index (κ3) is 3.63. The number of nitrogens with zero attached hydrogens (tertiary/aromatic N) is 3. The second-order valence-electron chi connectivity index (χ2n) is 10.7. The van der Waals surface area contributed by atoms with Gasteiger partial charge in [0.25, 0.3) is 0 Å². The molecule has 0 radical (unpaired) electrons. The maximum atomic E-state index is 14.9. The van der Waals surface area contributed by atoms with Crippen molar-refractivity contribution in [1.82, 2.24) is 14.5 Å². The number of benzene rings is 1. The number of pyridine rings is 2. The Morgan fingerprint density at radius 2 is 1.91 bits per heavy atom. The number of nitrogen functional groups attached to an aromatic ring is 2. The van der Waals surface area contributed by atoms with Crippen molar-refractivity contribution < 1.29 is 13.9 Å². The van der Waals surface area contributed by atoms with Crippen LogP contribution in [0.1, 0.15) is 45.2 Å². The van der Waals surface area contributed by atoms with E-state index in [0.717, 1.165) is 30.2 Å². The lowest BCUT2D eigenvalue weighted by atomic mass is 9.80. The molecule has 8 heteroatoms. The monoisotopic (exact) mass is 475 g/mol. The predicted octanol–water partition coefficient (Wildman–Crippen LogP) is 4.99. The molecule has 1 aromatic carbocycles. The molecular weight excluding hydrogens is 445 g/mol. The molecule has 4 N–H and O–H groups in total. The molecule has 6 rings (SSSR count). The molecule has 4 atom stereocenters. The highest BCUT2D eigenvalue weighted by molar-refractivity contribution is 5.89. The SMILES string of the molecule is CC1(C)O[C@H]2[C@H](n3ccc4c(N)ncc(F)c43)C[C@](C)(CCc3ccc4ccc(N)nc4c3)[C@H]2O1. The van der Waals surface area contributed by atoms with Gasteiger partial charge in [-0.1, -0.05) is 19.1 Å². The zero-order chi connectivity index (χ0) is 24.5. The summed E-state index contributed by atoms with van der Waals surface area (Å²) in [5.74, 6) is -0.247. The third-order valence-corrected chi connectivity index (χ3v) is 7.73. The van der Waals surface area contributed by atoms with Crippen molar-refractivity contribution in [2.75, 3.05) is 11.5 Å². The number of halogens is 1. The second kappa shape index (κ2) is 7.63. The van der Waals surface area contributed by atoms with E-state index >= 15 is 0 Å². The predicted molar refractivity (Wildman–Crippen MR) is 134 cm³/mol. The van der Waals surface area contributed by atoms with Crippen LogP contribution in [0.5, 0.6) is 0 Å². The Balaban J connectivity index is 1.33. The van der Waals surface area contributed by atoms with Gasteiger partial charge in [0.05, 0.1) is 29.4 Å². The Bertz CT molecular complexity index is 1450. The molecule has 1 saturated heterocycles. The van der Waals surface area contributed by atoms with E-state index in [1.54, 1.807) is 0 Å². The van der Waals surface area contributed by atoms with Crippen LogP contribution in [-0.2, 0) is 15.9 Å². The third-order valence-electron chi connectivity index (χ3n) is 7.73. The normalized spacial score (nSPS) is 27.6. The standard InChI is InChI=1S/C27H30FN5O2/c1-26(2)34-23-20(33-11-9-17-22(33)18(28)14-31-25(17)30)13-27(3,24(23)35-26)10-8-15-4-5-16-6-7-21(29)32-19(16)12-15/h4-7,9,11-12,14,20,23-24H,8,10,13H2,1-3H3,(H2,29,32)(H2,30,31)/t20-,23+,24+,27+/m1/s1. The van der Waals surface area contributed by atoms with Crippen molar-refractivity contribution >= 4 is 33.4 Å². The van der Waals surface area contributed by atoms with Crippen LogP contribution >= 0.6 is 0 Å². The molecule has 1 aliphatic heterocycles. The van der Waals surface area contributed by atoms with Crippen molar-refractivity contribution in [3.8, 4) is 0 Å². The first-order valence-electron chi connectivity index (χ1n) is 12.0. The van der Waals surface area contributed by atoms with Gasteiger partial charge in [-0.2, -0.15) is 0 Å². The van der Waals surface area contributed by atoms with E-state index in [1.807, 2.05) is 42.8 Å². The van der Waals surface area contributed by atoms with Gasteiger partial charge < -0.3 is 25.5 Å². The van der Waals surface area contributed by atoms with Gasteiger partial charge in [-0.05, 0) is 68.4 Å². The molecule has 0 bridgehead atoms. The van der Waals surface area contributed by atoms with Crippen LogP contribution in [-0.4, -0.2) is 32.5 Å². The van der Waals surface area contributed by atoms with Gasteiger partial charge in [0, 0.05) is 17.0 Å². The topological polar surface area (TPSA) is 101 Å². The lowest BCUT2D eigenvalue weighted by Crippen LogP contribution is -2.34. The van der Waals surface area contributed by atoms with Gasteiger partial charge in [0.2, 0.25) is 0 Å². The van der Waals surface area contributed by atoms with Crippen molar-refractivity contribution in [3.63, 3.8) is 0 Å². The summed E-state index contributed by atoms with van der Waals surface area (Å²) >= 11 is 0. The Morgan fingerprint density at radius 3 is 2.74 bits per heavy atom. The van der Waals surface area contributed by atoms with E-state index in [9.17, 15) is 4.39 Å². The molecule has 1 saturated carbocycles. The molecule has 7 nitrogen and oxygen atoms in total. The fourth-order valence-electron chi connectivity index (χ4n) is 6.02. The Morgan fingerprint density at radius 1 is 1.11 bits per heavy atom. The molecule has 2 aliphatic rings. The zero-order valence-corrected chi connectivity index (χ0v) is 20.2. The summed E-state index contributed by atoms with van der Waals surface area (Å²) in [4.78, 5) is 8.45. The number of aromatic nitrogens is 3. The molecule has 0 amide bonds. The van der Waals surface area contributed by atoms with Crippen LogP contribution in [0.4, 0.5) is 16.0 Å². The number of ether oxygens (including phenoxy) is 2. The van der Waals surface area contributed by atoms with E-state index in [4.69, 9.17) is 20.9 Å². The Labute approximate surface area is 203 Å². The van der Waals surface area contributed by atoms with Crippen molar-refractivity contribution in [1.29, 1.82) is 0 Å². The number of nitrogens with two attached hydrogens (primary N) is 2. The minimum absolute atomic E-state index is 0.0846. The maximum absolute atomic E-state index is 14.9. The first-order valence-corrected chi connectivity index (χ1v) is 12.0. The first-order chi connectivity index (χ1) is 16.6. The van der Waals surface area contributed by atoms with Gasteiger partial charge in [0.15, 0.2) is 11.6 Å². The average molecular weight is 476 g/mol. The van der Waals surface area contributed by atoms with Crippen LogP contribution in [0.25, 0.3) is 21.8 Å². The maximum Gasteiger partial charge on any atom is 0.165 e. The molecule has 4 heterocycles. The number of anilines is 2. The number of rotatable bonds is 4. The van der Waals surface area contributed by atoms with Crippen LogP contribution < -0.4 is 11.5 Å². The Hall–Kier alpha value is -3.23. The molecule has 182 valence electrons. The summed E-state index contributed by atoms with van der Waals surface area (Å²) in [6, 6.07) is 11.9. The van der Waals surface area contributed by atoms with Gasteiger partial charge >= 0.3 is 0 Å². The van der Waals surface area contributed by atoms with Crippen LogP contribution in [0.3, 0.4) is 0 Å². The van der Waals surface area contributed by atoms with E-state index in [2.05, 4.69) is 35.1 Å². The van der Waals surface area contributed by atoms with Gasteiger partial charge in [0.1, 0.15) is 17.7 Å². The van der Waals surface area contributed by atoms with Gasteiger partial charge in [-0.25, -0.2) is 14.4 Å². The van der Waals surface area contributed by atoms with Gasteiger partial charge in [-0.3, -0.25) is 0 Å². The smallest absolute Gasteiger partial charge is 0.165 e. The molecule has 35 heavy (non-hydrogen) atoms. The lowest BCUT2D eigenvalue weighted by Gasteiger charge is -2.32. The minimum Gasteiger partial charge on any atom is -0.384 e. The quantitative estimate of drug-likeness (QED) is 0.431. The number of aryl methyl sites for hydroxylation is 1. The van der Waals surface area contributed by atoms with Crippen LogP contribution in [0.15, 0.2) is 48.8 Å². The lowest BCUT2D eigenvalue weighted by molar-refractivity contribution is -0.168. The molecule has 3 aromatic heterocycles. The van der Waals surface area contributed by atoms with E-state index < -0.39 is 5.79 Å². The minimum atomic E-state index is -0.707. The molecule has 1 aliphatic carbocycles.